The Morgan fingerprint density at radius 2 is 1.48 bits per heavy atom. The fourth-order valence-corrected chi connectivity index (χ4v) is 6.84. The molecule has 0 bridgehead atoms. The lowest BCUT2D eigenvalue weighted by Crippen LogP contribution is -2.26. The predicted molar refractivity (Wildman–Crippen MR) is 183 cm³/mol. The van der Waals surface area contributed by atoms with Gasteiger partial charge in [-0.15, -0.1) is 0 Å². The van der Waals surface area contributed by atoms with Crippen LogP contribution in [0.4, 0.5) is 0 Å². The maximum absolute atomic E-state index is 11.0. The zero-order valence-electron chi connectivity index (χ0n) is 27.7. The molecule has 2 aromatic rings. The lowest BCUT2D eigenvalue weighted by molar-refractivity contribution is -0.137. The molecule has 4 nitrogen and oxygen atoms in total. The van der Waals surface area contributed by atoms with Crippen molar-refractivity contribution in [3.8, 4) is 22.9 Å². The van der Waals surface area contributed by atoms with Crippen molar-refractivity contribution in [2.24, 2.45) is 5.41 Å². The maximum Gasteiger partial charge on any atom is 0.330 e. The Bertz CT molecular complexity index is 1130. The normalized spacial score (nSPS) is 18.1. The lowest BCUT2D eigenvalue weighted by Gasteiger charge is -2.36. The van der Waals surface area contributed by atoms with Crippen molar-refractivity contribution < 1.29 is 14.3 Å². The zero-order valence-corrected chi connectivity index (χ0v) is 27.7. The number of hydrogen-bond donors (Lipinski definition) is 0. The summed E-state index contributed by atoms with van der Waals surface area (Å²) in [5, 5.41) is 10.2. The van der Waals surface area contributed by atoms with E-state index in [9.17, 15) is 10.1 Å². The van der Waals surface area contributed by atoms with Crippen LogP contribution in [0.15, 0.2) is 61.2 Å². The number of ether oxygens (including phenoxy) is 2. The first-order valence-corrected chi connectivity index (χ1v) is 17.6. The third-order valence-electron chi connectivity index (χ3n) is 9.39. The number of carbonyl (C=O) groups is 1. The Balaban J connectivity index is 1.39. The lowest BCUT2D eigenvalue weighted by atomic mass is 9.66. The van der Waals surface area contributed by atoms with E-state index in [1.165, 1.54) is 67.7 Å². The van der Waals surface area contributed by atoms with Crippen LogP contribution in [0, 0.1) is 16.7 Å². The van der Waals surface area contributed by atoms with E-state index in [1.54, 1.807) is 0 Å². The standard InChI is InChI=1S/C40H57NO3/c1-4-17-37(18-5-2)44-38-26-24-34(25-27-38)33-20-22-35(23-21-33)36-19-16-29-40(31-36,32-41)28-14-12-10-8-7-9-11-13-15-30-43-39(42)6-3/h6,20-27,36-37H,3-5,7-19,28-31H2,1-2H3. The number of hydrogen-bond acceptors (Lipinski definition) is 4. The minimum Gasteiger partial charge on any atom is -0.490 e. The van der Waals surface area contributed by atoms with Gasteiger partial charge in [0, 0.05) is 6.08 Å². The van der Waals surface area contributed by atoms with Gasteiger partial charge in [-0.05, 0) is 79.7 Å². The number of nitrogens with zero attached hydrogens (tertiary/aromatic N) is 1. The minimum absolute atomic E-state index is 0.167. The average Bonchev–Trinajstić information content (AvgIpc) is 3.06. The van der Waals surface area contributed by atoms with Crippen molar-refractivity contribution in [3.05, 3.63) is 66.7 Å². The van der Waals surface area contributed by atoms with Crippen LogP contribution in [0.1, 0.15) is 141 Å². The predicted octanol–water partition coefficient (Wildman–Crippen LogP) is 11.5. The smallest absolute Gasteiger partial charge is 0.330 e. The molecule has 4 heteroatoms. The van der Waals surface area contributed by atoms with Crippen LogP contribution in [0.3, 0.4) is 0 Å². The highest BCUT2D eigenvalue weighted by Gasteiger charge is 2.36. The van der Waals surface area contributed by atoms with Crippen LogP contribution in [-0.4, -0.2) is 18.7 Å². The van der Waals surface area contributed by atoms with Crippen LogP contribution < -0.4 is 4.74 Å². The molecule has 0 aliphatic heterocycles. The van der Waals surface area contributed by atoms with Gasteiger partial charge < -0.3 is 9.47 Å². The van der Waals surface area contributed by atoms with Crippen molar-refractivity contribution in [2.45, 2.75) is 141 Å². The molecule has 1 aliphatic carbocycles. The highest BCUT2D eigenvalue weighted by Crippen LogP contribution is 2.47. The Morgan fingerprint density at radius 1 is 0.909 bits per heavy atom. The van der Waals surface area contributed by atoms with Crippen LogP contribution in [0.25, 0.3) is 11.1 Å². The highest BCUT2D eigenvalue weighted by atomic mass is 16.5. The highest BCUT2D eigenvalue weighted by molar-refractivity contribution is 5.81. The van der Waals surface area contributed by atoms with Crippen LogP contribution >= 0.6 is 0 Å². The van der Waals surface area contributed by atoms with Crippen LogP contribution in [-0.2, 0) is 9.53 Å². The molecular weight excluding hydrogens is 542 g/mol. The summed E-state index contributed by atoms with van der Waals surface area (Å²) >= 11 is 0. The third-order valence-corrected chi connectivity index (χ3v) is 9.39. The van der Waals surface area contributed by atoms with E-state index in [2.05, 4.69) is 75.0 Å². The number of benzene rings is 2. The molecule has 2 unspecified atom stereocenters. The van der Waals surface area contributed by atoms with Crippen LogP contribution in [0.2, 0.25) is 0 Å². The van der Waals surface area contributed by atoms with E-state index in [4.69, 9.17) is 9.47 Å². The molecule has 0 saturated heterocycles. The first-order valence-electron chi connectivity index (χ1n) is 17.6. The summed E-state index contributed by atoms with van der Waals surface area (Å²) in [5.74, 6) is 1.11. The zero-order chi connectivity index (χ0) is 31.5. The molecule has 1 fully saturated rings. The maximum atomic E-state index is 11.0. The second kappa shape index (κ2) is 20.1. The quantitative estimate of drug-likeness (QED) is 0.0813. The van der Waals surface area contributed by atoms with Gasteiger partial charge in [0.15, 0.2) is 0 Å². The number of rotatable bonds is 21. The average molecular weight is 600 g/mol. The van der Waals surface area contributed by atoms with E-state index in [1.807, 2.05) is 0 Å². The van der Waals surface area contributed by atoms with Crippen molar-refractivity contribution in [1.82, 2.24) is 0 Å². The molecule has 0 amide bonds. The second-order valence-corrected chi connectivity index (χ2v) is 13.0. The summed E-state index contributed by atoms with van der Waals surface area (Å²) in [5.41, 5.74) is 3.66. The van der Waals surface area contributed by atoms with Crippen molar-refractivity contribution in [3.63, 3.8) is 0 Å². The Morgan fingerprint density at radius 3 is 2.05 bits per heavy atom. The second-order valence-electron chi connectivity index (χ2n) is 13.0. The molecule has 1 aliphatic rings. The molecule has 0 heterocycles. The summed E-state index contributed by atoms with van der Waals surface area (Å²) in [6, 6.07) is 20.5. The first kappa shape index (κ1) is 35.4. The molecule has 0 radical (unpaired) electrons. The number of carbonyl (C=O) groups excluding carboxylic acids is 1. The van der Waals surface area contributed by atoms with Gasteiger partial charge in [0.05, 0.1) is 24.2 Å². The molecular formula is C40H57NO3. The molecule has 3 rings (SSSR count). The third kappa shape index (κ3) is 12.1. The molecule has 2 aromatic carbocycles. The molecule has 0 spiro atoms. The van der Waals surface area contributed by atoms with E-state index in [0.29, 0.717) is 18.6 Å². The van der Waals surface area contributed by atoms with E-state index < -0.39 is 0 Å². The van der Waals surface area contributed by atoms with Gasteiger partial charge in [0.25, 0.3) is 0 Å². The minimum atomic E-state index is -0.326. The van der Waals surface area contributed by atoms with Gasteiger partial charge in [-0.3, -0.25) is 0 Å². The fraction of sp³-hybridized carbons (Fsp3) is 0.600. The number of esters is 1. The van der Waals surface area contributed by atoms with Gasteiger partial charge >= 0.3 is 5.97 Å². The van der Waals surface area contributed by atoms with E-state index in [0.717, 1.165) is 76.4 Å². The molecule has 0 N–H and O–H groups in total. The topological polar surface area (TPSA) is 59.3 Å². The van der Waals surface area contributed by atoms with Crippen molar-refractivity contribution in [1.29, 1.82) is 5.26 Å². The number of nitriles is 1. The fourth-order valence-electron chi connectivity index (χ4n) is 6.84. The van der Waals surface area contributed by atoms with Gasteiger partial charge in [0.2, 0.25) is 0 Å². The van der Waals surface area contributed by atoms with E-state index >= 15 is 0 Å². The summed E-state index contributed by atoms with van der Waals surface area (Å²) in [6.07, 6.45) is 22.1. The van der Waals surface area contributed by atoms with Gasteiger partial charge in [0.1, 0.15) is 5.75 Å². The van der Waals surface area contributed by atoms with Gasteiger partial charge in [-0.25, -0.2) is 4.79 Å². The summed E-state index contributed by atoms with van der Waals surface area (Å²) in [7, 11) is 0. The Labute approximate surface area is 268 Å². The Hall–Kier alpha value is -3.06. The molecule has 0 aromatic heterocycles. The SMILES string of the molecule is C=CC(=O)OCCCCCCCCCCCC1(C#N)CCCC(c2ccc(-c3ccc(OC(CCC)CCC)cc3)cc2)C1. The van der Waals surface area contributed by atoms with Gasteiger partial charge in [-0.1, -0.05) is 127 Å². The Kier molecular flexibility index (Phi) is 16.2. The first-order chi connectivity index (χ1) is 21.5. The van der Waals surface area contributed by atoms with Crippen LogP contribution in [0.5, 0.6) is 5.75 Å². The van der Waals surface area contributed by atoms with Crippen molar-refractivity contribution >= 4 is 5.97 Å². The number of unbranched alkanes of at least 4 members (excludes halogenated alkanes) is 8. The summed E-state index contributed by atoms with van der Waals surface area (Å²) < 4.78 is 11.3. The molecule has 2 atom stereocenters. The molecule has 44 heavy (non-hydrogen) atoms. The molecule has 1 saturated carbocycles. The summed E-state index contributed by atoms with van der Waals surface area (Å²) in [4.78, 5) is 11.0. The monoisotopic (exact) mass is 599 g/mol. The van der Waals surface area contributed by atoms with Gasteiger partial charge in [-0.2, -0.15) is 5.26 Å². The van der Waals surface area contributed by atoms with Crippen molar-refractivity contribution in [2.75, 3.05) is 6.61 Å². The molecule has 240 valence electrons. The largest absolute Gasteiger partial charge is 0.490 e. The summed E-state index contributed by atoms with van der Waals surface area (Å²) in [6.45, 7) is 8.35. The van der Waals surface area contributed by atoms with E-state index in [-0.39, 0.29) is 11.4 Å².